The standard InChI is InChI=1S/C19H26FNO3/c1-24-18(22)12-14-21(19(23)16-5-3-2-4-6-16)13-11-15-7-9-17(20)10-8-15/h7-10,16H,2-6,11-14H2,1H3. The zero-order chi connectivity index (χ0) is 17.4. The van der Waals surface area contributed by atoms with Crippen LogP contribution in [0.4, 0.5) is 4.39 Å². The fraction of sp³-hybridized carbons (Fsp3) is 0.579. The molecule has 2 rings (SSSR count). The molecule has 0 spiro atoms. The van der Waals surface area contributed by atoms with Crippen LogP contribution in [0.5, 0.6) is 0 Å². The molecule has 1 aromatic rings. The molecule has 5 heteroatoms. The maximum Gasteiger partial charge on any atom is 0.307 e. The monoisotopic (exact) mass is 335 g/mol. The predicted molar refractivity (Wildman–Crippen MR) is 89.9 cm³/mol. The molecule has 0 aliphatic heterocycles. The van der Waals surface area contributed by atoms with Gasteiger partial charge in [0.05, 0.1) is 13.5 Å². The average molecular weight is 335 g/mol. The van der Waals surface area contributed by atoms with Crippen molar-refractivity contribution in [2.24, 2.45) is 5.92 Å². The van der Waals surface area contributed by atoms with Gasteiger partial charge in [-0.25, -0.2) is 4.39 Å². The van der Waals surface area contributed by atoms with Crippen molar-refractivity contribution in [1.29, 1.82) is 0 Å². The molecule has 0 radical (unpaired) electrons. The van der Waals surface area contributed by atoms with Crippen molar-refractivity contribution in [3.63, 3.8) is 0 Å². The molecule has 0 aromatic heterocycles. The molecule has 1 fully saturated rings. The maximum atomic E-state index is 13.0. The van der Waals surface area contributed by atoms with Crippen LogP contribution in [0.2, 0.25) is 0 Å². The van der Waals surface area contributed by atoms with Gasteiger partial charge in [0.2, 0.25) is 5.91 Å². The minimum atomic E-state index is -0.307. The van der Waals surface area contributed by atoms with E-state index in [0.29, 0.717) is 19.5 Å². The zero-order valence-corrected chi connectivity index (χ0v) is 14.3. The molecule has 0 saturated heterocycles. The van der Waals surface area contributed by atoms with E-state index in [0.717, 1.165) is 31.2 Å². The lowest BCUT2D eigenvalue weighted by molar-refractivity contribution is -0.142. The number of carbonyl (C=O) groups is 2. The fourth-order valence-corrected chi connectivity index (χ4v) is 3.18. The Hall–Kier alpha value is -1.91. The van der Waals surface area contributed by atoms with Gasteiger partial charge in [-0.3, -0.25) is 9.59 Å². The van der Waals surface area contributed by atoms with Crippen LogP contribution in [-0.4, -0.2) is 37.0 Å². The highest BCUT2D eigenvalue weighted by Gasteiger charge is 2.26. The van der Waals surface area contributed by atoms with E-state index in [1.807, 2.05) is 0 Å². The number of hydrogen-bond donors (Lipinski definition) is 0. The van der Waals surface area contributed by atoms with Crippen LogP contribution in [0.25, 0.3) is 0 Å². The summed E-state index contributed by atoms with van der Waals surface area (Å²) < 4.78 is 17.7. The molecule has 132 valence electrons. The van der Waals surface area contributed by atoms with Crippen LogP contribution in [-0.2, 0) is 20.7 Å². The third-order valence-electron chi connectivity index (χ3n) is 4.66. The Morgan fingerprint density at radius 2 is 1.79 bits per heavy atom. The van der Waals surface area contributed by atoms with Crippen molar-refractivity contribution in [1.82, 2.24) is 4.90 Å². The largest absolute Gasteiger partial charge is 0.469 e. The number of methoxy groups -OCH3 is 1. The molecule has 1 amide bonds. The number of hydrogen-bond acceptors (Lipinski definition) is 3. The van der Waals surface area contributed by atoms with Gasteiger partial charge < -0.3 is 9.64 Å². The number of amides is 1. The first-order valence-corrected chi connectivity index (χ1v) is 8.70. The number of halogens is 1. The number of ether oxygens (including phenoxy) is 1. The predicted octanol–water partition coefficient (Wildman–Crippen LogP) is 3.34. The van der Waals surface area contributed by atoms with Gasteiger partial charge in [-0.15, -0.1) is 0 Å². The molecule has 1 saturated carbocycles. The molecule has 24 heavy (non-hydrogen) atoms. The molecular weight excluding hydrogens is 309 g/mol. The minimum absolute atomic E-state index is 0.0737. The molecular formula is C19H26FNO3. The van der Waals surface area contributed by atoms with Gasteiger partial charge >= 0.3 is 5.97 Å². The molecule has 4 nitrogen and oxygen atoms in total. The van der Waals surface area contributed by atoms with Gasteiger partial charge in [-0.2, -0.15) is 0 Å². The van der Waals surface area contributed by atoms with Gasteiger partial charge in [0.1, 0.15) is 5.82 Å². The molecule has 1 aliphatic carbocycles. The van der Waals surface area contributed by atoms with Gasteiger partial charge in [0.15, 0.2) is 0 Å². The highest BCUT2D eigenvalue weighted by atomic mass is 19.1. The summed E-state index contributed by atoms with van der Waals surface area (Å²) in [5.74, 6) is -0.358. The molecule has 1 aromatic carbocycles. The molecule has 0 atom stereocenters. The molecule has 0 unspecified atom stereocenters. The van der Waals surface area contributed by atoms with Crippen molar-refractivity contribution in [2.75, 3.05) is 20.2 Å². The van der Waals surface area contributed by atoms with Crippen molar-refractivity contribution in [2.45, 2.75) is 44.9 Å². The summed E-state index contributed by atoms with van der Waals surface area (Å²) in [7, 11) is 1.36. The third kappa shape index (κ3) is 5.62. The summed E-state index contributed by atoms with van der Waals surface area (Å²) in [6.45, 7) is 0.918. The number of carbonyl (C=O) groups excluding carboxylic acids is 2. The molecule has 0 N–H and O–H groups in total. The first-order valence-electron chi connectivity index (χ1n) is 8.70. The highest BCUT2D eigenvalue weighted by molar-refractivity contribution is 5.79. The molecule has 0 bridgehead atoms. The highest BCUT2D eigenvalue weighted by Crippen LogP contribution is 2.25. The summed E-state index contributed by atoms with van der Waals surface area (Å²) in [6.07, 6.45) is 6.12. The van der Waals surface area contributed by atoms with Crippen LogP contribution < -0.4 is 0 Å². The van der Waals surface area contributed by atoms with E-state index in [-0.39, 0.29) is 30.0 Å². The van der Waals surface area contributed by atoms with E-state index in [4.69, 9.17) is 0 Å². The zero-order valence-electron chi connectivity index (χ0n) is 14.3. The van der Waals surface area contributed by atoms with E-state index in [9.17, 15) is 14.0 Å². The fourth-order valence-electron chi connectivity index (χ4n) is 3.18. The summed E-state index contributed by atoms with van der Waals surface area (Å²) >= 11 is 0. The lowest BCUT2D eigenvalue weighted by Gasteiger charge is -2.29. The van der Waals surface area contributed by atoms with Crippen LogP contribution in [0.15, 0.2) is 24.3 Å². The topological polar surface area (TPSA) is 46.6 Å². The van der Waals surface area contributed by atoms with E-state index in [1.165, 1.54) is 25.7 Å². The van der Waals surface area contributed by atoms with Crippen molar-refractivity contribution in [3.8, 4) is 0 Å². The Balaban J connectivity index is 1.96. The van der Waals surface area contributed by atoms with Crippen LogP contribution >= 0.6 is 0 Å². The van der Waals surface area contributed by atoms with Gasteiger partial charge in [-0.05, 0) is 37.0 Å². The third-order valence-corrected chi connectivity index (χ3v) is 4.66. The molecule has 0 heterocycles. The Bertz CT molecular complexity index is 538. The Labute approximate surface area is 143 Å². The number of nitrogens with zero attached hydrogens (tertiary/aromatic N) is 1. The number of rotatable bonds is 7. The lowest BCUT2D eigenvalue weighted by atomic mass is 9.88. The van der Waals surface area contributed by atoms with Crippen molar-refractivity contribution in [3.05, 3.63) is 35.6 Å². The Morgan fingerprint density at radius 3 is 2.42 bits per heavy atom. The summed E-state index contributed by atoms with van der Waals surface area (Å²) in [5.41, 5.74) is 0.982. The second kappa shape index (κ2) is 9.40. The second-order valence-electron chi connectivity index (χ2n) is 6.36. The van der Waals surface area contributed by atoms with Crippen molar-refractivity contribution < 1.29 is 18.7 Å². The van der Waals surface area contributed by atoms with E-state index in [2.05, 4.69) is 4.74 Å². The number of benzene rings is 1. The summed E-state index contributed by atoms with van der Waals surface area (Å²) in [4.78, 5) is 26.0. The van der Waals surface area contributed by atoms with Crippen LogP contribution in [0.1, 0.15) is 44.1 Å². The first-order chi connectivity index (χ1) is 11.6. The van der Waals surface area contributed by atoms with Gasteiger partial charge in [-0.1, -0.05) is 31.4 Å². The SMILES string of the molecule is COC(=O)CCN(CCc1ccc(F)cc1)C(=O)C1CCCCC1. The first kappa shape index (κ1) is 18.4. The van der Waals surface area contributed by atoms with Gasteiger partial charge in [0, 0.05) is 19.0 Å². The Kier molecular flexibility index (Phi) is 7.22. The summed E-state index contributed by atoms with van der Waals surface area (Å²) in [6, 6.07) is 6.33. The van der Waals surface area contributed by atoms with E-state index in [1.54, 1.807) is 17.0 Å². The quantitative estimate of drug-likeness (QED) is 0.718. The smallest absolute Gasteiger partial charge is 0.307 e. The van der Waals surface area contributed by atoms with E-state index >= 15 is 0 Å². The average Bonchev–Trinajstić information content (AvgIpc) is 2.63. The van der Waals surface area contributed by atoms with Crippen LogP contribution in [0, 0.1) is 11.7 Å². The molecule has 1 aliphatic rings. The lowest BCUT2D eigenvalue weighted by Crippen LogP contribution is -2.39. The van der Waals surface area contributed by atoms with E-state index < -0.39 is 0 Å². The normalized spacial score (nSPS) is 15.1. The van der Waals surface area contributed by atoms with Crippen molar-refractivity contribution >= 4 is 11.9 Å². The summed E-state index contributed by atoms with van der Waals surface area (Å²) in [5, 5.41) is 0. The second-order valence-corrected chi connectivity index (χ2v) is 6.36. The minimum Gasteiger partial charge on any atom is -0.469 e. The Morgan fingerprint density at radius 1 is 1.12 bits per heavy atom. The van der Waals surface area contributed by atoms with Crippen LogP contribution in [0.3, 0.4) is 0 Å². The van der Waals surface area contributed by atoms with Gasteiger partial charge in [0.25, 0.3) is 0 Å². The number of esters is 1. The maximum absolute atomic E-state index is 13.0.